The predicted molar refractivity (Wildman–Crippen MR) is 81.5 cm³/mol. The fourth-order valence-corrected chi connectivity index (χ4v) is 2.21. The summed E-state index contributed by atoms with van der Waals surface area (Å²) in [6.45, 7) is 2.22. The third-order valence-electron chi connectivity index (χ3n) is 3.28. The molecule has 0 radical (unpaired) electrons. The summed E-state index contributed by atoms with van der Waals surface area (Å²) < 4.78 is 5.28. The van der Waals surface area contributed by atoms with E-state index in [2.05, 4.69) is 19.9 Å². The van der Waals surface area contributed by atoms with Crippen molar-refractivity contribution in [1.82, 2.24) is 19.9 Å². The van der Waals surface area contributed by atoms with Crippen molar-refractivity contribution in [3.63, 3.8) is 0 Å². The van der Waals surface area contributed by atoms with Crippen molar-refractivity contribution in [2.45, 2.75) is 19.8 Å². The first-order chi connectivity index (χ1) is 10.7. The number of aryl methyl sites for hydroxylation is 2. The average Bonchev–Trinajstić information content (AvgIpc) is 2.91. The van der Waals surface area contributed by atoms with Crippen LogP contribution in [-0.2, 0) is 11.2 Å². The Kier molecular flexibility index (Phi) is 4.09. The molecule has 0 aliphatic carbocycles. The summed E-state index contributed by atoms with van der Waals surface area (Å²) in [5, 5.41) is 0. The van der Waals surface area contributed by atoms with Crippen LogP contribution in [0.15, 0.2) is 36.8 Å². The molecule has 0 unspecified atom stereocenters. The summed E-state index contributed by atoms with van der Waals surface area (Å²) >= 11 is 0. The van der Waals surface area contributed by atoms with Crippen molar-refractivity contribution >= 4 is 17.1 Å². The Morgan fingerprint density at radius 3 is 2.95 bits per heavy atom. The van der Waals surface area contributed by atoms with Crippen molar-refractivity contribution in [3.8, 4) is 0 Å². The summed E-state index contributed by atoms with van der Waals surface area (Å²) in [7, 11) is 0. The first kappa shape index (κ1) is 14.2. The van der Waals surface area contributed by atoms with E-state index in [0.29, 0.717) is 17.8 Å². The van der Waals surface area contributed by atoms with Crippen molar-refractivity contribution in [1.29, 1.82) is 0 Å². The van der Waals surface area contributed by atoms with E-state index in [1.165, 1.54) is 11.8 Å². The topological polar surface area (TPSA) is 80.8 Å². The molecule has 3 rings (SSSR count). The highest BCUT2D eigenvalue weighted by atomic mass is 16.5. The quantitative estimate of drug-likeness (QED) is 0.578. The minimum Gasteiger partial charge on any atom is -0.462 e. The molecule has 0 saturated carbocycles. The second-order valence-corrected chi connectivity index (χ2v) is 5.01. The van der Waals surface area contributed by atoms with Gasteiger partial charge in [0.15, 0.2) is 5.65 Å². The molecule has 3 aromatic rings. The zero-order valence-electron chi connectivity index (χ0n) is 12.2. The Morgan fingerprint density at radius 2 is 2.14 bits per heavy atom. The first-order valence-corrected chi connectivity index (χ1v) is 7.11. The zero-order valence-corrected chi connectivity index (χ0v) is 12.2. The van der Waals surface area contributed by atoms with Crippen LogP contribution in [0, 0.1) is 6.92 Å². The van der Waals surface area contributed by atoms with Crippen LogP contribution >= 0.6 is 0 Å². The summed E-state index contributed by atoms with van der Waals surface area (Å²) in [6, 6.07) is 5.63. The predicted octanol–water partition coefficient (Wildman–Crippen LogP) is 2.45. The van der Waals surface area contributed by atoms with Crippen LogP contribution in [0.3, 0.4) is 0 Å². The van der Waals surface area contributed by atoms with Gasteiger partial charge < -0.3 is 9.72 Å². The van der Waals surface area contributed by atoms with E-state index < -0.39 is 0 Å². The highest BCUT2D eigenvalue weighted by molar-refractivity contribution is 5.92. The number of rotatable bonds is 5. The molecular weight excluding hydrogens is 280 g/mol. The molecule has 0 aliphatic rings. The fraction of sp³-hybridized carbons (Fsp3) is 0.250. The molecule has 6 nitrogen and oxygen atoms in total. The number of pyridine rings is 2. The molecule has 6 heteroatoms. The first-order valence-electron chi connectivity index (χ1n) is 7.11. The fourth-order valence-electron chi connectivity index (χ4n) is 2.21. The molecule has 112 valence electrons. The van der Waals surface area contributed by atoms with E-state index in [1.54, 1.807) is 18.5 Å². The van der Waals surface area contributed by atoms with Gasteiger partial charge in [0.05, 0.1) is 17.7 Å². The number of imidazole rings is 1. The van der Waals surface area contributed by atoms with Gasteiger partial charge in [0.2, 0.25) is 0 Å². The Labute approximate surface area is 127 Å². The normalized spacial score (nSPS) is 10.8. The van der Waals surface area contributed by atoms with Crippen LogP contribution in [0.2, 0.25) is 0 Å². The molecule has 0 bridgehead atoms. The molecule has 22 heavy (non-hydrogen) atoms. The Hall–Kier alpha value is -2.76. The lowest BCUT2D eigenvalue weighted by Crippen LogP contribution is -2.07. The minimum absolute atomic E-state index is 0.364. The van der Waals surface area contributed by atoms with E-state index in [0.717, 1.165) is 24.2 Å². The van der Waals surface area contributed by atoms with Crippen LogP contribution in [-0.4, -0.2) is 32.5 Å². The Bertz CT molecular complexity index is 783. The summed E-state index contributed by atoms with van der Waals surface area (Å²) in [4.78, 5) is 27.4. The van der Waals surface area contributed by atoms with Crippen LogP contribution in [0.5, 0.6) is 0 Å². The lowest BCUT2D eigenvalue weighted by atomic mass is 10.1. The zero-order chi connectivity index (χ0) is 15.4. The third kappa shape index (κ3) is 3.28. The molecule has 1 N–H and O–H groups in total. The Morgan fingerprint density at radius 1 is 1.32 bits per heavy atom. The van der Waals surface area contributed by atoms with Gasteiger partial charge in [-0.1, -0.05) is 0 Å². The van der Waals surface area contributed by atoms with Gasteiger partial charge in [0, 0.05) is 18.6 Å². The second kappa shape index (κ2) is 6.34. The van der Waals surface area contributed by atoms with Gasteiger partial charge in [0.25, 0.3) is 0 Å². The second-order valence-electron chi connectivity index (χ2n) is 5.01. The average molecular weight is 296 g/mol. The number of nitrogens with one attached hydrogen (secondary N) is 1. The van der Waals surface area contributed by atoms with Crippen molar-refractivity contribution < 1.29 is 9.53 Å². The molecule has 0 aromatic carbocycles. The van der Waals surface area contributed by atoms with E-state index in [9.17, 15) is 4.79 Å². The van der Waals surface area contributed by atoms with E-state index in [-0.39, 0.29) is 5.97 Å². The van der Waals surface area contributed by atoms with Crippen molar-refractivity contribution in [2.75, 3.05) is 6.61 Å². The lowest BCUT2D eigenvalue weighted by molar-refractivity contribution is 0.0500. The summed E-state index contributed by atoms with van der Waals surface area (Å²) in [5.41, 5.74) is 2.96. The minimum atomic E-state index is -0.364. The summed E-state index contributed by atoms with van der Waals surface area (Å²) in [5.74, 6) is 0.404. The third-order valence-corrected chi connectivity index (χ3v) is 3.28. The maximum atomic E-state index is 12.0. The molecule has 0 fully saturated rings. The molecule has 0 amide bonds. The molecular formula is C16H16N4O2. The van der Waals surface area contributed by atoms with E-state index in [4.69, 9.17) is 4.74 Å². The van der Waals surface area contributed by atoms with Crippen molar-refractivity contribution in [2.24, 2.45) is 0 Å². The van der Waals surface area contributed by atoms with Crippen LogP contribution in [0.4, 0.5) is 0 Å². The van der Waals surface area contributed by atoms with E-state index in [1.807, 2.05) is 19.1 Å². The maximum absolute atomic E-state index is 12.0. The van der Waals surface area contributed by atoms with Crippen molar-refractivity contribution in [3.05, 3.63) is 53.7 Å². The van der Waals surface area contributed by atoms with Gasteiger partial charge >= 0.3 is 5.97 Å². The number of esters is 1. The molecule has 0 atom stereocenters. The number of hydrogen-bond acceptors (Lipinski definition) is 5. The number of carbonyl (C=O) groups is 1. The largest absolute Gasteiger partial charge is 0.462 e. The number of H-pyrrole nitrogens is 1. The Balaban J connectivity index is 1.54. The molecule has 0 saturated heterocycles. The lowest BCUT2D eigenvalue weighted by Gasteiger charge is -2.04. The maximum Gasteiger partial charge on any atom is 0.339 e. The number of hydrogen-bond donors (Lipinski definition) is 1. The number of ether oxygens (including phenoxy) is 1. The standard InChI is InChI=1S/C16H16N4O2/c1-11-19-14-9-13(10-18-15(14)20-11)16(21)22-8-2-3-12-4-6-17-7-5-12/h4-7,9-10H,2-3,8H2,1H3,(H,18,19,20). The van der Waals surface area contributed by atoms with E-state index >= 15 is 0 Å². The summed E-state index contributed by atoms with van der Waals surface area (Å²) in [6.07, 6.45) is 6.64. The van der Waals surface area contributed by atoms with Crippen LogP contribution < -0.4 is 0 Å². The van der Waals surface area contributed by atoms with Gasteiger partial charge in [-0.2, -0.15) is 0 Å². The SMILES string of the molecule is Cc1nc2ncc(C(=O)OCCCc3ccncc3)cc2[nH]1. The molecule has 3 heterocycles. The monoisotopic (exact) mass is 296 g/mol. The van der Waals surface area contributed by atoms with Gasteiger partial charge in [-0.3, -0.25) is 4.98 Å². The molecule has 3 aromatic heterocycles. The van der Waals surface area contributed by atoms with Gasteiger partial charge in [0.1, 0.15) is 5.82 Å². The number of aromatic amines is 1. The van der Waals surface area contributed by atoms with Gasteiger partial charge in [-0.05, 0) is 43.5 Å². The number of fused-ring (bicyclic) bond motifs is 1. The molecule has 0 spiro atoms. The number of nitrogens with zero attached hydrogens (tertiary/aromatic N) is 3. The van der Waals surface area contributed by atoms with Crippen LogP contribution in [0.25, 0.3) is 11.2 Å². The van der Waals surface area contributed by atoms with Gasteiger partial charge in [-0.15, -0.1) is 0 Å². The number of aromatic nitrogens is 4. The highest BCUT2D eigenvalue weighted by Gasteiger charge is 2.10. The highest BCUT2D eigenvalue weighted by Crippen LogP contribution is 2.11. The number of carbonyl (C=O) groups excluding carboxylic acids is 1. The smallest absolute Gasteiger partial charge is 0.339 e. The van der Waals surface area contributed by atoms with Gasteiger partial charge in [-0.25, -0.2) is 14.8 Å². The van der Waals surface area contributed by atoms with Crippen LogP contribution in [0.1, 0.15) is 28.2 Å². The molecule has 0 aliphatic heterocycles.